The summed E-state index contributed by atoms with van der Waals surface area (Å²) in [7, 11) is 3.59. The minimum absolute atomic E-state index is 0.0147. The molecule has 0 N–H and O–H groups in total. The lowest BCUT2D eigenvalue weighted by molar-refractivity contribution is -0.143. The molecule has 0 saturated carbocycles. The zero-order valence-electron chi connectivity index (χ0n) is 20.6. The molecule has 2 aromatic carbocycles. The number of amides is 2. The maximum absolute atomic E-state index is 14.0. The maximum Gasteiger partial charge on any atom is 0.242 e. The highest BCUT2D eigenvalue weighted by Crippen LogP contribution is 2.27. The molecule has 2 amide bonds. The van der Waals surface area contributed by atoms with Crippen molar-refractivity contribution in [3.8, 4) is 0 Å². The molecule has 6 nitrogen and oxygen atoms in total. The lowest BCUT2D eigenvalue weighted by atomic mass is 9.89. The van der Waals surface area contributed by atoms with E-state index in [4.69, 9.17) is 4.74 Å². The summed E-state index contributed by atoms with van der Waals surface area (Å²) in [6, 6.07) is 23.3. The smallest absolute Gasteiger partial charge is 0.242 e. The molecule has 0 unspecified atom stereocenters. The second-order valence-electron chi connectivity index (χ2n) is 8.73. The van der Waals surface area contributed by atoms with Crippen LogP contribution in [0.1, 0.15) is 36.6 Å². The lowest BCUT2D eigenvalue weighted by Gasteiger charge is -2.33. The van der Waals surface area contributed by atoms with Crippen LogP contribution in [-0.2, 0) is 27.9 Å². The van der Waals surface area contributed by atoms with Gasteiger partial charge in [0.25, 0.3) is 0 Å². The van der Waals surface area contributed by atoms with Crippen molar-refractivity contribution in [3.05, 3.63) is 95.8 Å². The molecule has 0 atom stereocenters. The van der Waals surface area contributed by atoms with E-state index in [0.29, 0.717) is 19.7 Å². The largest absolute Gasteiger partial charge is 0.383 e. The fourth-order valence-corrected chi connectivity index (χ4v) is 4.04. The van der Waals surface area contributed by atoms with Crippen LogP contribution < -0.4 is 0 Å². The van der Waals surface area contributed by atoms with Gasteiger partial charge in [-0.3, -0.25) is 9.59 Å². The lowest BCUT2D eigenvalue weighted by Crippen LogP contribution is -2.48. The van der Waals surface area contributed by atoms with Crippen LogP contribution in [0.2, 0.25) is 0 Å². The summed E-state index contributed by atoms with van der Waals surface area (Å²) in [5.74, 6) is -0.649. The number of rotatable bonds is 11. The molecule has 1 heterocycles. The zero-order chi connectivity index (χ0) is 24.5. The van der Waals surface area contributed by atoms with Crippen molar-refractivity contribution in [2.75, 3.05) is 26.8 Å². The van der Waals surface area contributed by atoms with Crippen LogP contribution in [0.15, 0.2) is 79.0 Å². The number of carbonyl (C=O) groups is 2. The van der Waals surface area contributed by atoms with Crippen molar-refractivity contribution in [2.24, 2.45) is 7.05 Å². The Kier molecular flexibility index (Phi) is 9.05. The first-order valence-corrected chi connectivity index (χ1v) is 11.7. The normalized spacial score (nSPS) is 11.1. The molecule has 34 heavy (non-hydrogen) atoms. The first kappa shape index (κ1) is 25.2. The van der Waals surface area contributed by atoms with Gasteiger partial charge in [-0.15, -0.1) is 0 Å². The standard InChI is InChI=1S/C28H35N3O3/c1-22(2)31(21-26(32)30(18-19-34-4)20-25-16-11-17-29(25)3)28(33)27(23-12-7-5-8-13-23)24-14-9-6-10-15-24/h5-17,22,27H,18-21H2,1-4H3. The fraction of sp³-hybridized carbons (Fsp3) is 0.357. The van der Waals surface area contributed by atoms with Gasteiger partial charge in [0.15, 0.2) is 0 Å². The average molecular weight is 462 g/mol. The number of methoxy groups -OCH3 is 1. The summed E-state index contributed by atoms with van der Waals surface area (Å²) in [4.78, 5) is 30.9. The van der Waals surface area contributed by atoms with Crippen LogP contribution >= 0.6 is 0 Å². The Morgan fingerprint density at radius 2 is 1.50 bits per heavy atom. The zero-order valence-corrected chi connectivity index (χ0v) is 20.6. The maximum atomic E-state index is 14.0. The van der Waals surface area contributed by atoms with Crippen molar-refractivity contribution in [1.29, 1.82) is 0 Å². The molecule has 0 saturated heterocycles. The molecular formula is C28H35N3O3. The summed E-state index contributed by atoms with van der Waals surface area (Å²) in [5, 5.41) is 0. The Morgan fingerprint density at radius 1 is 0.912 bits per heavy atom. The Balaban J connectivity index is 1.87. The van der Waals surface area contributed by atoms with Crippen LogP contribution in [0.25, 0.3) is 0 Å². The second kappa shape index (κ2) is 12.2. The van der Waals surface area contributed by atoms with Gasteiger partial charge >= 0.3 is 0 Å². The van der Waals surface area contributed by atoms with E-state index in [1.54, 1.807) is 16.9 Å². The van der Waals surface area contributed by atoms with Crippen LogP contribution in [0, 0.1) is 0 Å². The third-order valence-electron chi connectivity index (χ3n) is 6.05. The van der Waals surface area contributed by atoms with Gasteiger partial charge < -0.3 is 19.1 Å². The van der Waals surface area contributed by atoms with E-state index in [1.807, 2.05) is 104 Å². The van der Waals surface area contributed by atoms with Crippen molar-refractivity contribution in [1.82, 2.24) is 14.4 Å². The molecule has 3 aromatic rings. The van der Waals surface area contributed by atoms with Crippen molar-refractivity contribution < 1.29 is 14.3 Å². The van der Waals surface area contributed by atoms with Gasteiger partial charge in [-0.25, -0.2) is 0 Å². The van der Waals surface area contributed by atoms with Crippen molar-refractivity contribution >= 4 is 11.8 Å². The highest BCUT2D eigenvalue weighted by atomic mass is 16.5. The Bertz CT molecular complexity index is 1010. The molecular weight excluding hydrogens is 426 g/mol. The fourth-order valence-electron chi connectivity index (χ4n) is 4.04. The van der Waals surface area contributed by atoms with Crippen LogP contribution in [0.4, 0.5) is 0 Å². The van der Waals surface area contributed by atoms with Crippen LogP contribution in [0.5, 0.6) is 0 Å². The van der Waals surface area contributed by atoms with Gasteiger partial charge in [0.1, 0.15) is 6.54 Å². The molecule has 6 heteroatoms. The summed E-state index contributed by atoms with van der Waals surface area (Å²) < 4.78 is 7.24. The van der Waals surface area contributed by atoms with Gasteiger partial charge in [0.05, 0.1) is 19.1 Å². The van der Waals surface area contributed by atoms with Gasteiger partial charge in [-0.05, 0) is 37.1 Å². The first-order chi connectivity index (χ1) is 16.4. The molecule has 1 aromatic heterocycles. The molecule has 0 radical (unpaired) electrons. The number of benzene rings is 2. The predicted molar refractivity (Wildman–Crippen MR) is 134 cm³/mol. The minimum atomic E-state index is -0.474. The Labute approximate surface area is 202 Å². The number of hydrogen-bond acceptors (Lipinski definition) is 3. The average Bonchev–Trinajstić information content (AvgIpc) is 3.25. The highest BCUT2D eigenvalue weighted by Gasteiger charge is 2.31. The van der Waals surface area contributed by atoms with E-state index in [9.17, 15) is 9.59 Å². The van der Waals surface area contributed by atoms with Gasteiger partial charge in [-0.2, -0.15) is 0 Å². The van der Waals surface area contributed by atoms with Crippen molar-refractivity contribution in [3.63, 3.8) is 0 Å². The Morgan fingerprint density at radius 3 is 1.97 bits per heavy atom. The topological polar surface area (TPSA) is 54.8 Å². The molecule has 0 aliphatic carbocycles. The van der Waals surface area contributed by atoms with Crippen LogP contribution in [0.3, 0.4) is 0 Å². The van der Waals surface area contributed by atoms with E-state index in [0.717, 1.165) is 16.8 Å². The molecule has 0 fully saturated rings. The van der Waals surface area contributed by atoms with Gasteiger partial charge in [0.2, 0.25) is 11.8 Å². The number of aromatic nitrogens is 1. The van der Waals surface area contributed by atoms with E-state index in [-0.39, 0.29) is 24.4 Å². The second-order valence-corrected chi connectivity index (χ2v) is 8.73. The summed E-state index contributed by atoms with van der Waals surface area (Å²) in [6.07, 6.45) is 1.96. The molecule has 0 bridgehead atoms. The monoisotopic (exact) mass is 461 g/mol. The summed E-state index contributed by atoms with van der Waals surface area (Å²) >= 11 is 0. The first-order valence-electron chi connectivity index (χ1n) is 11.7. The molecule has 0 spiro atoms. The van der Waals surface area contributed by atoms with E-state index >= 15 is 0 Å². The summed E-state index contributed by atoms with van der Waals surface area (Å²) in [6.45, 7) is 5.28. The number of aryl methyl sites for hydroxylation is 1. The van der Waals surface area contributed by atoms with E-state index < -0.39 is 5.92 Å². The van der Waals surface area contributed by atoms with Gasteiger partial charge in [0, 0.05) is 38.6 Å². The van der Waals surface area contributed by atoms with E-state index in [2.05, 4.69) is 0 Å². The highest BCUT2D eigenvalue weighted by molar-refractivity contribution is 5.91. The van der Waals surface area contributed by atoms with Crippen molar-refractivity contribution in [2.45, 2.75) is 32.4 Å². The quantitative estimate of drug-likeness (QED) is 0.433. The molecule has 3 rings (SSSR count). The number of carbonyl (C=O) groups excluding carboxylic acids is 2. The SMILES string of the molecule is COCCN(Cc1cccn1C)C(=O)CN(C(=O)C(c1ccccc1)c1ccccc1)C(C)C. The molecule has 180 valence electrons. The third kappa shape index (κ3) is 6.35. The van der Waals surface area contributed by atoms with E-state index in [1.165, 1.54) is 0 Å². The van der Waals surface area contributed by atoms with Crippen LogP contribution in [-0.4, -0.2) is 59.0 Å². The number of hydrogen-bond donors (Lipinski definition) is 0. The summed E-state index contributed by atoms with van der Waals surface area (Å²) in [5.41, 5.74) is 2.85. The van der Waals surface area contributed by atoms with Gasteiger partial charge in [-0.1, -0.05) is 60.7 Å². The minimum Gasteiger partial charge on any atom is -0.383 e. The molecule has 0 aliphatic heterocycles. The molecule has 0 aliphatic rings. The Hall–Kier alpha value is -3.38. The third-order valence-corrected chi connectivity index (χ3v) is 6.05. The number of ether oxygens (including phenoxy) is 1. The number of nitrogens with zero attached hydrogens (tertiary/aromatic N) is 3. The predicted octanol–water partition coefficient (Wildman–Crippen LogP) is 4.07.